The molecule has 0 saturated carbocycles. The fraction of sp³-hybridized carbons (Fsp3) is 0.680. The summed E-state index contributed by atoms with van der Waals surface area (Å²) in [7, 11) is -2.18. The van der Waals surface area contributed by atoms with Crippen LogP contribution in [-0.2, 0) is 15.6 Å². The number of aryl methyl sites for hydroxylation is 1. The van der Waals surface area contributed by atoms with Crippen molar-refractivity contribution in [3.63, 3.8) is 0 Å². The minimum Gasteiger partial charge on any atom is -0.491 e. The molecule has 190 valence electrons. The molecule has 9 heteroatoms. The van der Waals surface area contributed by atoms with E-state index in [1.165, 1.54) is 0 Å². The molecule has 0 fully saturated rings. The highest BCUT2D eigenvalue weighted by Crippen LogP contribution is 2.42. The molecule has 0 radical (unpaired) electrons. The zero-order valence-corrected chi connectivity index (χ0v) is 22.9. The third kappa shape index (κ3) is 5.91. The van der Waals surface area contributed by atoms with E-state index in [2.05, 4.69) is 38.8 Å². The van der Waals surface area contributed by atoms with Crippen molar-refractivity contribution in [1.82, 2.24) is 9.88 Å². The molecule has 7 nitrogen and oxygen atoms in total. The number of carbonyl (C=O) groups excluding carboxylic acids is 1. The van der Waals surface area contributed by atoms with Crippen molar-refractivity contribution in [2.45, 2.75) is 90.6 Å². The number of ether oxygens (including phenoxy) is 2. The van der Waals surface area contributed by atoms with Gasteiger partial charge in [0.15, 0.2) is 25.7 Å². The number of amides is 1. The van der Waals surface area contributed by atoms with Crippen LogP contribution in [-0.4, -0.2) is 55.7 Å². The number of hydrogen-bond acceptors (Lipinski definition) is 6. The average Bonchev–Trinajstić information content (AvgIpc) is 2.89. The lowest BCUT2D eigenvalue weighted by Crippen LogP contribution is -2.48. The second-order valence-electron chi connectivity index (χ2n) is 11.7. The van der Waals surface area contributed by atoms with Crippen LogP contribution in [0.25, 0.3) is 5.57 Å². The number of carbonyl (C=O) groups is 1. The Bertz CT molecular complexity index is 966. The van der Waals surface area contributed by atoms with Gasteiger partial charge in [-0.3, -0.25) is 0 Å². The fourth-order valence-corrected chi connectivity index (χ4v) is 5.27. The standard InChI is InChI=1S/C25H40FN3O4Si/c1-24(2,3)32-23(30)29-12-11-16(14-17(15-29)33-34(7,8)25(4,5)6)19-20(26)22(27)28-18-10-9-13-31-21(18)19/h11,17H,9-10,12-15H2,1-8H3,(H2,27,28). The molecule has 0 aliphatic carbocycles. The van der Waals surface area contributed by atoms with E-state index < -0.39 is 25.8 Å². The number of halogens is 1. The molecule has 0 saturated heterocycles. The molecule has 2 N–H and O–H groups in total. The molecule has 1 aromatic heterocycles. The summed E-state index contributed by atoms with van der Waals surface area (Å²) in [5, 5.41) is -0.0193. The van der Waals surface area contributed by atoms with Gasteiger partial charge in [0.1, 0.15) is 5.60 Å². The Labute approximate surface area is 204 Å². The molecule has 1 atom stereocenters. The Hall–Kier alpha value is -2.13. The van der Waals surface area contributed by atoms with E-state index in [-0.39, 0.29) is 23.5 Å². The zero-order valence-electron chi connectivity index (χ0n) is 21.9. The maximum atomic E-state index is 15.4. The van der Waals surface area contributed by atoms with Crippen LogP contribution in [0.5, 0.6) is 5.75 Å². The quantitative estimate of drug-likeness (QED) is 0.556. The summed E-state index contributed by atoms with van der Waals surface area (Å²) in [5.74, 6) is -0.250. The molecule has 1 unspecified atom stereocenters. The van der Waals surface area contributed by atoms with E-state index >= 15 is 4.39 Å². The average molecular weight is 494 g/mol. The van der Waals surface area contributed by atoms with E-state index in [9.17, 15) is 4.79 Å². The molecule has 0 bridgehead atoms. The summed E-state index contributed by atoms with van der Waals surface area (Å²) < 4.78 is 33.6. The van der Waals surface area contributed by atoms with Crippen molar-refractivity contribution >= 4 is 25.8 Å². The van der Waals surface area contributed by atoms with Gasteiger partial charge in [-0.2, -0.15) is 0 Å². The van der Waals surface area contributed by atoms with Crippen molar-refractivity contribution in [3.8, 4) is 5.75 Å². The monoisotopic (exact) mass is 493 g/mol. The van der Waals surface area contributed by atoms with Crippen LogP contribution in [0, 0.1) is 5.82 Å². The number of anilines is 1. The molecule has 0 aromatic carbocycles. The first-order valence-electron chi connectivity index (χ1n) is 12.0. The van der Waals surface area contributed by atoms with Gasteiger partial charge in [0.05, 0.1) is 24.0 Å². The first kappa shape index (κ1) is 26.5. The van der Waals surface area contributed by atoms with Crippen LogP contribution in [0.2, 0.25) is 18.1 Å². The molecule has 34 heavy (non-hydrogen) atoms. The topological polar surface area (TPSA) is 86.9 Å². The normalized spacial score (nSPS) is 19.6. The van der Waals surface area contributed by atoms with Gasteiger partial charge in [0.2, 0.25) is 0 Å². The van der Waals surface area contributed by atoms with Gasteiger partial charge in [-0.25, -0.2) is 14.2 Å². The maximum absolute atomic E-state index is 15.4. The summed E-state index contributed by atoms with van der Waals surface area (Å²) in [6.45, 7) is 17.5. The van der Waals surface area contributed by atoms with E-state index in [1.54, 1.807) is 4.90 Å². The Balaban J connectivity index is 2.03. The molecule has 1 amide bonds. The molecule has 3 heterocycles. The lowest BCUT2D eigenvalue weighted by Gasteiger charge is -2.40. The van der Waals surface area contributed by atoms with Crippen LogP contribution in [0.4, 0.5) is 15.0 Å². The number of hydrogen-bond donors (Lipinski definition) is 1. The SMILES string of the molecule is CC(C)(C)OC(=O)N1CC=C(c2c(F)c(N)nc3c2OCCC3)CC(O[Si](C)(C)C(C)(C)C)C1. The summed E-state index contributed by atoms with van der Waals surface area (Å²) in [6, 6.07) is 0. The highest BCUT2D eigenvalue weighted by atomic mass is 28.4. The van der Waals surface area contributed by atoms with E-state index in [0.717, 1.165) is 12.0 Å². The summed E-state index contributed by atoms with van der Waals surface area (Å²) in [6.07, 6.45) is 3.06. The Kier molecular flexibility index (Phi) is 7.39. The number of nitrogens with zero attached hydrogens (tertiary/aromatic N) is 2. The minimum absolute atomic E-state index is 0.0193. The lowest BCUT2D eigenvalue weighted by molar-refractivity contribution is 0.0196. The highest BCUT2D eigenvalue weighted by Gasteiger charge is 2.41. The zero-order chi connectivity index (χ0) is 25.5. The molecule has 2 aliphatic rings. The first-order chi connectivity index (χ1) is 15.6. The van der Waals surface area contributed by atoms with Gasteiger partial charge in [0, 0.05) is 13.1 Å². The van der Waals surface area contributed by atoms with Crippen LogP contribution in [0.3, 0.4) is 0 Å². The predicted octanol–water partition coefficient (Wildman–Crippen LogP) is 5.54. The number of nitrogens with two attached hydrogens (primary N) is 1. The largest absolute Gasteiger partial charge is 0.491 e. The van der Waals surface area contributed by atoms with Crippen LogP contribution in [0.1, 0.15) is 65.6 Å². The summed E-state index contributed by atoms with van der Waals surface area (Å²) in [4.78, 5) is 18.8. The fourth-order valence-electron chi connectivity index (χ4n) is 3.93. The second kappa shape index (κ2) is 9.49. The van der Waals surface area contributed by atoms with Crippen LogP contribution >= 0.6 is 0 Å². The summed E-state index contributed by atoms with van der Waals surface area (Å²) >= 11 is 0. The van der Waals surface area contributed by atoms with Gasteiger partial charge in [0.25, 0.3) is 0 Å². The molecule has 2 aliphatic heterocycles. The molecular formula is C25H40FN3O4Si. The third-order valence-corrected chi connectivity index (χ3v) is 11.2. The molecule has 0 spiro atoms. The number of rotatable bonds is 3. The Morgan fingerprint density at radius 3 is 2.56 bits per heavy atom. The van der Waals surface area contributed by atoms with Crippen molar-refractivity contribution in [3.05, 3.63) is 23.2 Å². The Morgan fingerprint density at radius 2 is 1.94 bits per heavy atom. The number of aromatic nitrogens is 1. The second-order valence-corrected chi connectivity index (χ2v) is 16.5. The van der Waals surface area contributed by atoms with Crippen LogP contribution in [0.15, 0.2) is 6.08 Å². The number of fused-ring (bicyclic) bond motifs is 1. The van der Waals surface area contributed by atoms with Crippen LogP contribution < -0.4 is 10.5 Å². The predicted molar refractivity (Wildman–Crippen MR) is 135 cm³/mol. The highest BCUT2D eigenvalue weighted by molar-refractivity contribution is 6.74. The van der Waals surface area contributed by atoms with E-state index in [4.69, 9.17) is 19.6 Å². The van der Waals surface area contributed by atoms with Gasteiger partial charge < -0.3 is 24.5 Å². The van der Waals surface area contributed by atoms with Gasteiger partial charge in [-0.05, 0) is 63.7 Å². The number of pyridine rings is 1. The van der Waals surface area contributed by atoms with E-state index in [1.807, 2.05) is 26.8 Å². The maximum Gasteiger partial charge on any atom is 0.410 e. The van der Waals surface area contributed by atoms with Gasteiger partial charge in [-0.1, -0.05) is 26.8 Å². The number of nitrogen functional groups attached to an aromatic ring is 1. The molecule has 1 aromatic rings. The smallest absolute Gasteiger partial charge is 0.410 e. The van der Waals surface area contributed by atoms with Crippen molar-refractivity contribution < 1.29 is 23.1 Å². The van der Waals surface area contributed by atoms with Crippen molar-refractivity contribution in [2.75, 3.05) is 25.4 Å². The Morgan fingerprint density at radius 1 is 1.26 bits per heavy atom. The minimum atomic E-state index is -2.18. The van der Waals surface area contributed by atoms with Gasteiger partial charge >= 0.3 is 6.09 Å². The van der Waals surface area contributed by atoms with E-state index in [0.29, 0.717) is 43.0 Å². The van der Waals surface area contributed by atoms with Crippen molar-refractivity contribution in [1.29, 1.82) is 0 Å². The molecule has 3 rings (SSSR count). The first-order valence-corrected chi connectivity index (χ1v) is 15.0. The summed E-state index contributed by atoms with van der Waals surface area (Å²) in [5.41, 5.74) is 7.07. The molecular weight excluding hydrogens is 453 g/mol. The van der Waals surface area contributed by atoms with Crippen molar-refractivity contribution in [2.24, 2.45) is 0 Å². The lowest BCUT2D eigenvalue weighted by atomic mass is 9.96. The third-order valence-electron chi connectivity index (χ3n) is 6.66. The van der Waals surface area contributed by atoms with Gasteiger partial charge in [-0.15, -0.1) is 0 Å².